The molecule has 1 aliphatic rings. The normalized spacial score (nSPS) is 23.8. The molecule has 3 aromatic rings. The number of rotatable bonds is 6. The molecule has 0 spiro atoms. The van der Waals surface area contributed by atoms with E-state index in [1.165, 1.54) is 6.33 Å². The summed E-state index contributed by atoms with van der Waals surface area (Å²) in [6.07, 6.45) is 6.52. The van der Waals surface area contributed by atoms with Crippen LogP contribution in [-0.2, 0) is 18.3 Å². The molecular weight excluding hydrogens is 400 g/mol. The van der Waals surface area contributed by atoms with Gasteiger partial charge in [-0.2, -0.15) is 5.10 Å². The van der Waals surface area contributed by atoms with Crippen LogP contribution in [0.2, 0.25) is 0 Å². The zero-order valence-corrected chi connectivity index (χ0v) is 17.9. The number of nitrogens with one attached hydrogen (secondary N) is 1. The maximum Gasteiger partial charge on any atom is 0.220 e. The molecular formula is C20H28N8O3. The summed E-state index contributed by atoms with van der Waals surface area (Å²) in [5.74, 6) is 0.531. The molecule has 11 heteroatoms. The Kier molecular flexibility index (Phi) is 5.88. The predicted octanol–water partition coefficient (Wildman–Crippen LogP) is -0.200. The summed E-state index contributed by atoms with van der Waals surface area (Å²) in [6, 6.07) is -0.900. The van der Waals surface area contributed by atoms with Crippen molar-refractivity contribution in [2.75, 3.05) is 19.0 Å². The Morgan fingerprint density at radius 3 is 2.74 bits per heavy atom. The van der Waals surface area contributed by atoms with Gasteiger partial charge in [-0.05, 0) is 24.8 Å². The fourth-order valence-electron chi connectivity index (χ4n) is 4.17. The molecule has 0 unspecified atom stereocenters. The third-order valence-corrected chi connectivity index (χ3v) is 5.80. The van der Waals surface area contributed by atoms with E-state index in [1.54, 1.807) is 21.8 Å². The summed E-state index contributed by atoms with van der Waals surface area (Å²) in [6.45, 7) is 0. The molecule has 3 aromatic heterocycles. The minimum Gasteiger partial charge on any atom is -0.388 e. The van der Waals surface area contributed by atoms with Crippen LogP contribution in [0.25, 0.3) is 11.2 Å². The van der Waals surface area contributed by atoms with Crippen molar-refractivity contribution < 1.29 is 15.0 Å². The van der Waals surface area contributed by atoms with Crippen LogP contribution < -0.4 is 10.2 Å². The molecule has 0 aromatic carbocycles. The van der Waals surface area contributed by atoms with Crippen molar-refractivity contribution >= 4 is 22.9 Å². The summed E-state index contributed by atoms with van der Waals surface area (Å²) < 4.78 is 3.49. The molecule has 3 heterocycles. The van der Waals surface area contributed by atoms with Crippen LogP contribution in [0.3, 0.4) is 0 Å². The highest BCUT2D eigenvalue weighted by atomic mass is 16.3. The van der Waals surface area contributed by atoms with Crippen LogP contribution in [0.5, 0.6) is 0 Å². The topological polar surface area (TPSA) is 134 Å². The van der Waals surface area contributed by atoms with E-state index in [1.807, 2.05) is 32.2 Å². The van der Waals surface area contributed by atoms with Crippen molar-refractivity contribution in [2.45, 2.75) is 50.0 Å². The summed E-state index contributed by atoms with van der Waals surface area (Å²) in [5.41, 5.74) is 2.22. The lowest BCUT2D eigenvalue weighted by Crippen LogP contribution is -2.54. The first-order valence-electron chi connectivity index (χ1n) is 10.3. The van der Waals surface area contributed by atoms with Gasteiger partial charge in [0.25, 0.3) is 0 Å². The van der Waals surface area contributed by atoms with Crippen LogP contribution in [0.1, 0.15) is 30.9 Å². The highest BCUT2D eigenvalue weighted by Gasteiger charge is 2.39. The van der Waals surface area contributed by atoms with Gasteiger partial charge in [0, 0.05) is 33.8 Å². The summed E-state index contributed by atoms with van der Waals surface area (Å²) >= 11 is 0. The van der Waals surface area contributed by atoms with Gasteiger partial charge >= 0.3 is 0 Å². The third kappa shape index (κ3) is 4.23. The molecule has 1 saturated carbocycles. The lowest BCUT2D eigenvalue weighted by molar-refractivity contribution is -0.125. The maximum atomic E-state index is 12.4. The van der Waals surface area contributed by atoms with Gasteiger partial charge in [0.15, 0.2) is 17.0 Å². The Morgan fingerprint density at radius 1 is 1.23 bits per heavy atom. The average molecular weight is 428 g/mol. The van der Waals surface area contributed by atoms with Crippen molar-refractivity contribution in [1.29, 1.82) is 0 Å². The Labute approximate surface area is 179 Å². The molecule has 0 radical (unpaired) electrons. The minimum atomic E-state index is -1.09. The molecule has 31 heavy (non-hydrogen) atoms. The van der Waals surface area contributed by atoms with E-state index >= 15 is 0 Å². The zero-order valence-electron chi connectivity index (χ0n) is 17.9. The number of hydrogen-bond donors (Lipinski definition) is 3. The highest BCUT2D eigenvalue weighted by Crippen LogP contribution is 2.32. The van der Waals surface area contributed by atoms with Crippen LogP contribution >= 0.6 is 0 Å². The van der Waals surface area contributed by atoms with Gasteiger partial charge in [0.05, 0.1) is 24.6 Å². The first kappa shape index (κ1) is 21.2. The Bertz CT molecular complexity index is 1060. The van der Waals surface area contributed by atoms with Crippen LogP contribution in [0.15, 0.2) is 25.0 Å². The summed E-state index contributed by atoms with van der Waals surface area (Å²) in [7, 11) is 5.58. The first-order valence-corrected chi connectivity index (χ1v) is 10.3. The molecule has 4 rings (SSSR count). The number of carbonyl (C=O) groups excluding carboxylic acids is 1. The lowest BCUT2D eigenvalue weighted by Gasteiger charge is -2.38. The van der Waals surface area contributed by atoms with Crippen molar-refractivity contribution in [1.82, 2.24) is 34.6 Å². The number of hydrogen-bond acceptors (Lipinski definition) is 8. The third-order valence-electron chi connectivity index (χ3n) is 5.80. The first-order chi connectivity index (χ1) is 14.8. The number of fused-ring (bicyclic) bond motifs is 1. The summed E-state index contributed by atoms with van der Waals surface area (Å²) in [5, 5.41) is 28.5. The second-order valence-corrected chi connectivity index (χ2v) is 8.24. The molecule has 166 valence electrons. The smallest absolute Gasteiger partial charge is 0.220 e. The van der Waals surface area contributed by atoms with Crippen LogP contribution in [-0.4, -0.2) is 77.8 Å². The van der Waals surface area contributed by atoms with E-state index in [0.717, 1.165) is 5.56 Å². The fraction of sp³-hybridized carbons (Fsp3) is 0.550. The van der Waals surface area contributed by atoms with Gasteiger partial charge in [-0.1, -0.05) is 0 Å². The molecule has 0 aliphatic heterocycles. The molecule has 1 fully saturated rings. The predicted molar refractivity (Wildman–Crippen MR) is 113 cm³/mol. The van der Waals surface area contributed by atoms with E-state index in [0.29, 0.717) is 42.7 Å². The fourth-order valence-corrected chi connectivity index (χ4v) is 4.17. The minimum absolute atomic E-state index is 0.157. The van der Waals surface area contributed by atoms with E-state index in [4.69, 9.17) is 0 Å². The van der Waals surface area contributed by atoms with Crippen molar-refractivity contribution in [3.8, 4) is 0 Å². The molecule has 1 aliphatic carbocycles. The second-order valence-electron chi connectivity index (χ2n) is 8.24. The number of anilines is 1. The molecule has 0 saturated heterocycles. The monoisotopic (exact) mass is 428 g/mol. The van der Waals surface area contributed by atoms with Crippen molar-refractivity contribution in [2.24, 2.45) is 7.05 Å². The molecule has 11 nitrogen and oxygen atoms in total. The number of amides is 1. The standard InChI is InChI=1S/C20H28N8O3/c1-26(2)19-16-20(22-10-21-19)28(11-23-16)14-6-5-13(17(30)18(14)31)25-15(29)7-4-12-8-24-27(3)9-12/h8-11,13-14,17-18,30-31H,4-7H2,1-3H3,(H,25,29)/t13-,14-,17-,18-/m1/s1. The number of aliphatic hydroxyl groups is 2. The average Bonchev–Trinajstić information content (AvgIpc) is 3.36. The van der Waals surface area contributed by atoms with Gasteiger partial charge in [0.1, 0.15) is 18.5 Å². The van der Waals surface area contributed by atoms with E-state index in [9.17, 15) is 15.0 Å². The Hall–Kier alpha value is -3.05. The summed E-state index contributed by atoms with van der Waals surface area (Å²) in [4.78, 5) is 27.2. The zero-order chi connectivity index (χ0) is 22.1. The van der Waals surface area contributed by atoms with Crippen molar-refractivity contribution in [3.63, 3.8) is 0 Å². The molecule has 0 bridgehead atoms. The van der Waals surface area contributed by atoms with Crippen LogP contribution in [0.4, 0.5) is 5.82 Å². The second kappa shape index (κ2) is 8.60. The number of imidazole rings is 1. The Morgan fingerprint density at radius 2 is 2.03 bits per heavy atom. The van der Waals surface area contributed by atoms with Gasteiger partial charge in [-0.15, -0.1) is 0 Å². The van der Waals surface area contributed by atoms with E-state index in [-0.39, 0.29) is 5.91 Å². The maximum absolute atomic E-state index is 12.4. The van der Waals surface area contributed by atoms with Crippen LogP contribution in [0, 0.1) is 0 Å². The molecule has 1 amide bonds. The van der Waals surface area contributed by atoms with Gasteiger partial charge in [-0.25, -0.2) is 15.0 Å². The molecule has 4 atom stereocenters. The Balaban J connectivity index is 1.42. The largest absolute Gasteiger partial charge is 0.388 e. The van der Waals surface area contributed by atoms with Gasteiger partial charge in [-0.3, -0.25) is 9.48 Å². The SMILES string of the molecule is CN(C)c1ncnc2c1ncn2[C@@H]1CC[C@@H](NC(=O)CCc2cnn(C)c2)[C@@H](O)[C@@H]1O. The number of aliphatic hydroxyl groups excluding tert-OH is 2. The number of aromatic nitrogens is 6. The quantitative estimate of drug-likeness (QED) is 0.491. The lowest BCUT2D eigenvalue weighted by atomic mass is 9.85. The number of carbonyl (C=O) groups is 1. The van der Waals surface area contributed by atoms with Gasteiger partial charge < -0.3 is 25.0 Å². The van der Waals surface area contributed by atoms with Crippen molar-refractivity contribution in [3.05, 3.63) is 30.6 Å². The van der Waals surface area contributed by atoms with Gasteiger partial charge in [0.2, 0.25) is 5.91 Å². The van der Waals surface area contributed by atoms with E-state index < -0.39 is 24.3 Å². The molecule has 3 N–H and O–H groups in total. The van der Waals surface area contributed by atoms with E-state index in [2.05, 4.69) is 25.4 Å². The highest BCUT2D eigenvalue weighted by molar-refractivity contribution is 5.83. The number of aryl methyl sites for hydroxylation is 2. The number of nitrogens with zero attached hydrogens (tertiary/aromatic N) is 7.